The smallest absolute Gasteiger partial charge is 0.323 e. The fourth-order valence-corrected chi connectivity index (χ4v) is 2.47. The summed E-state index contributed by atoms with van der Waals surface area (Å²) < 4.78 is 5.33. The van der Waals surface area contributed by atoms with Crippen LogP contribution in [0.2, 0.25) is 0 Å². The van der Waals surface area contributed by atoms with Gasteiger partial charge in [-0.3, -0.25) is 0 Å². The lowest BCUT2D eigenvalue weighted by Gasteiger charge is -2.07. The molecule has 2 amide bonds. The number of amides is 2. The average Bonchev–Trinajstić information content (AvgIpc) is 2.98. The Hall–Kier alpha value is -1.85. The van der Waals surface area contributed by atoms with Crippen LogP contribution in [0.25, 0.3) is 0 Å². The van der Waals surface area contributed by atoms with Gasteiger partial charge in [0, 0.05) is 11.1 Å². The Balaban J connectivity index is 1.67. The second-order valence-corrected chi connectivity index (χ2v) is 4.85. The quantitative estimate of drug-likeness (QED) is 0.869. The average molecular weight is 260 g/mol. The van der Waals surface area contributed by atoms with Crippen molar-refractivity contribution >= 4 is 28.7 Å². The highest BCUT2D eigenvalue weighted by Gasteiger charge is 2.12. The van der Waals surface area contributed by atoms with E-state index < -0.39 is 0 Å². The summed E-state index contributed by atoms with van der Waals surface area (Å²) in [5, 5.41) is 9.38. The summed E-state index contributed by atoms with van der Waals surface area (Å²) in [7, 11) is 0. The molecule has 0 radical (unpaired) electrons. The molecule has 1 aromatic heterocycles. The minimum atomic E-state index is -0.229. The van der Waals surface area contributed by atoms with Gasteiger partial charge in [-0.15, -0.1) is 0 Å². The minimum Gasteiger partial charge on any atom is -0.372 e. The van der Waals surface area contributed by atoms with Crippen LogP contribution in [0.4, 0.5) is 16.2 Å². The number of fused-ring (bicyclic) bond motifs is 1. The first kappa shape index (κ1) is 11.3. The maximum Gasteiger partial charge on any atom is 0.323 e. The van der Waals surface area contributed by atoms with E-state index in [4.69, 9.17) is 4.74 Å². The summed E-state index contributed by atoms with van der Waals surface area (Å²) in [5.41, 5.74) is 3.93. The number of carbonyl (C=O) groups excluding carboxylic acids is 1. The molecular formula is C13H12N2O2S. The molecule has 0 saturated carbocycles. The Bertz CT molecular complexity index is 566. The van der Waals surface area contributed by atoms with Gasteiger partial charge in [0.1, 0.15) is 0 Å². The van der Waals surface area contributed by atoms with Crippen molar-refractivity contribution in [2.24, 2.45) is 0 Å². The van der Waals surface area contributed by atoms with Gasteiger partial charge in [-0.2, -0.15) is 11.3 Å². The van der Waals surface area contributed by atoms with E-state index in [-0.39, 0.29) is 6.03 Å². The number of rotatable bonds is 2. The third kappa shape index (κ3) is 2.37. The van der Waals surface area contributed by atoms with E-state index in [9.17, 15) is 4.79 Å². The second-order valence-electron chi connectivity index (χ2n) is 4.07. The van der Waals surface area contributed by atoms with Crippen LogP contribution in [0.5, 0.6) is 0 Å². The number of benzene rings is 1. The van der Waals surface area contributed by atoms with Crippen molar-refractivity contribution in [3.8, 4) is 0 Å². The molecule has 0 atom stereocenters. The lowest BCUT2D eigenvalue weighted by Crippen LogP contribution is -2.19. The molecule has 1 aliphatic heterocycles. The van der Waals surface area contributed by atoms with Crippen LogP contribution in [0.15, 0.2) is 35.0 Å². The molecule has 0 spiro atoms. The van der Waals surface area contributed by atoms with Crippen molar-refractivity contribution in [1.29, 1.82) is 0 Å². The first-order chi connectivity index (χ1) is 8.81. The molecule has 1 aromatic carbocycles. The van der Waals surface area contributed by atoms with Crippen LogP contribution < -0.4 is 10.6 Å². The van der Waals surface area contributed by atoms with E-state index in [1.54, 1.807) is 11.3 Å². The van der Waals surface area contributed by atoms with E-state index in [1.807, 2.05) is 35.0 Å². The van der Waals surface area contributed by atoms with Crippen molar-refractivity contribution in [1.82, 2.24) is 0 Å². The molecule has 3 rings (SSSR count). The second kappa shape index (κ2) is 4.80. The van der Waals surface area contributed by atoms with E-state index in [2.05, 4.69) is 10.6 Å². The lowest BCUT2D eigenvalue weighted by atomic mass is 10.1. The van der Waals surface area contributed by atoms with Gasteiger partial charge in [0.05, 0.1) is 18.9 Å². The zero-order chi connectivity index (χ0) is 12.4. The Morgan fingerprint density at radius 1 is 1.11 bits per heavy atom. The molecule has 0 fully saturated rings. The topological polar surface area (TPSA) is 50.4 Å². The zero-order valence-corrected chi connectivity index (χ0v) is 10.4. The molecule has 0 aliphatic carbocycles. The van der Waals surface area contributed by atoms with Crippen LogP contribution in [0.3, 0.4) is 0 Å². The summed E-state index contributed by atoms with van der Waals surface area (Å²) in [6.07, 6.45) is 0. The molecular weight excluding hydrogens is 248 g/mol. The number of carbonyl (C=O) groups is 1. The molecule has 2 N–H and O–H groups in total. The predicted octanol–water partition coefficient (Wildman–Crippen LogP) is 3.42. The molecule has 5 heteroatoms. The minimum absolute atomic E-state index is 0.229. The highest BCUT2D eigenvalue weighted by atomic mass is 32.1. The Labute approximate surface area is 109 Å². The molecule has 1 aliphatic rings. The number of thiophene rings is 1. The van der Waals surface area contributed by atoms with E-state index in [0.717, 1.165) is 16.9 Å². The largest absolute Gasteiger partial charge is 0.372 e. The van der Waals surface area contributed by atoms with Gasteiger partial charge in [0.15, 0.2) is 0 Å². The summed E-state index contributed by atoms with van der Waals surface area (Å²) in [5.74, 6) is 0. The maximum absolute atomic E-state index is 11.7. The SMILES string of the molecule is O=C(Nc1ccsc1)Nc1ccc2c(c1)COC2. The van der Waals surface area contributed by atoms with E-state index in [0.29, 0.717) is 13.2 Å². The molecule has 0 saturated heterocycles. The summed E-state index contributed by atoms with van der Waals surface area (Å²) in [6.45, 7) is 1.29. The monoisotopic (exact) mass is 260 g/mol. The van der Waals surface area contributed by atoms with Crippen molar-refractivity contribution in [2.45, 2.75) is 13.2 Å². The molecule has 0 bridgehead atoms. The van der Waals surface area contributed by atoms with Crippen LogP contribution >= 0.6 is 11.3 Å². The predicted molar refractivity (Wildman–Crippen MR) is 71.9 cm³/mol. The number of nitrogens with one attached hydrogen (secondary N) is 2. The first-order valence-corrected chi connectivity index (χ1v) is 6.55. The van der Waals surface area contributed by atoms with Crippen LogP contribution in [0, 0.1) is 0 Å². The van der Waals surface area contributed by atoms with Crippen molar-refractivity contribution in [2.75, 3.05) is 10.6 Å². The molecule has 4 nitrogen and oxygen atoms in total. The van der Waals surface area contributed by atoms with Crippen LogP contribution in [0.1, 0.15) is 11.1 Å². The van der Waals surface area contributed by atoms with Gasteiger partial charge < -0.3 is 15.4 Å². The molecule has 2 aromatic rings. The highest BCUT2D eigenvalue weighted by molar-refractivity contribution is 7.08. The Morgan fingerprint density at radius 3 is 2.78 bits per heavy atom. The van der Waals surface area contributed by atoms with Gasteiger partial charge >= 0.3 is 6.03 Å². The first-order valence-electron chi connectivity index (χ1n) is 5.61. The number of hydrogen-bond acceptors (Lipinski definition) is 3. The normalized spacial score (nSPS) is 13.1. The Kier molecular flexibility index (Phi) is 3.00. The van der Waals surface area contributed by atoms with Crippen molar-refractivity contribution in [3.05, 3.63) is 46.2 Å². The third-order valence-electron chi connectivity index (χ3n) is 2.76. The van der Waals surface area contributed by atoms with Gasteiger partial charge in [0.2, 0.25) is 0 Å². The van der Waals surface area contributed by atoms with Crippen molar-refractivity contribution < 1.29 is 9.53 Å². The number of urea groups is 1. The van der Waals surface area contributed by atoms with Crippen LogP contribution in [-0.2, 0) is 18.0 Å². The van der Waals surface area contributed by atoms with Gasteiger partial charge in [-0.1, -0.05) is 6.07 Å². The zero-order valence-electron chi connectivity index (χ0n) is 9.60. The van der Waals surface area contributed by atoms with Gasteiger partial charge in [-0.05, 0) is 34.7 Å². The fraction of sp³-hybridized carbons (Fsp3) is 0.154. The highest BCUT2D eigenvalue weighted by Crippen LogP contribution is 2.23. The van der Waals surface area contributed by atoms with Crippen LogP contribution in [-0.4, -0.2) is 6.03 Å². The van der Waals surface area contributed by atoms with Gasteiger partial charge in [0.25, 0.3) is 0 Å². The van der Waals surface area contributed by atoms with Gasteiger partial charge in [-0.25, -0.2) is 4.79 Å². The number of anilines is 2. The van der Waals surface area contributed by atoms with E-state index in [1.165, 1.54) is 5.56 Å². The molecule has 18 heavy (non-hydrogen) atoms. The summed E-state index contributed by atoms with van der Waals surface area (Å²) in [6, 6.07) is 7.46. The molecule has 92 valence electrons. The number of hydrogen-bond donors (Lipinski definition) is 2. The van der Waals surface area contributed by atoms with E-state index >= 15 is 0 Å². The maximum atomic E-state index is 11.7. The standard InChI is InChI=1S/C13H12N2O2S/c16-13(15-12-3-4-18-8-12)14-11-2-1-9-6-17-7-10(9)5-11/h1-5,8H,6-7H2,(H2,14,15,16). The summed E-state index contributed by atoms with van der Waals surface area (Å²) >= 11 is 1.55. The van der Waals surface area contributed by atoms with Crippen molar-refractivity contribution in [3.63, 3.8) is 0 Å². The molecule has 2 heterocycles. The Morgan fingerprint density at radius 2 is 1.94 bits per heavy atom. The number of ether oxygens (including phenoxy) is 1. The summed E-state index contributed by atoms with van der Waals surface area (Å²) in [4.78, 5) is 11.7. The molecule has 0 unspecified atom stereocenters. The third-order valence-corrected chi connectivity index (χ3v) is 3.44. The fourth-order valence-electron chi connectivity index (χ4n) is 1.88. The lowest BCUT2D eigenvalue weighted by molar-refractivity contribution is 0.134.